The first kappa shape index (κ1) is 42.0. The highest BCUT2D eigenvalue weighted by Crippen LogP contribution is 2.25. The van der Waals surface area contributed by atoms with Gasteiger partial charge >= 0.3 is 0 Å². The van der Waals surface area contributed by atoms with Crippen LogP contribution in [-0.4, -0.2) is 0 Å². The first-order chi connectivity index (χ1) is 20.8. The third-order valence-corrected chi connectivity index (χ3v) is 10.1. The van der Waals surface area contributed by atoms with Crippen molar-refractivity contribution in [3.63, 3.8) is 0 Å². The standard InChI is InChI=1S/C42H86/c1-4-7-10-13-16-19-22-23-24-25-26-29-32-35-38-41-42(39-36-33-30-27-20-17-14-11-8-5-2)40-37-34-31-28-21-18-15-12-9-6-3/h42H,4-41H2,1-3H3. The van der Waals surface area contributed by atoms with Crippen LogP contribution in [0.3, 0.4) is 0 Å². The molecule has 0 saturated heterocycles. The second kappa shape index (κ2) is 39.0. The Morgan fingerprint density at radius 2 is 0.333 bits per heavy atom. The molecule has 0 aromatic heterocycles. The van der Waals surface area contributed by atoms with Gasteiger partial charge in [-0.25, -0.2) is 0 Å². The van der Waals surface area contributed by atoms with Crippen molar-refractivity contribution in [2.75, 3.05) is 0 Å². The first-order valence-electron chi connectivity index (χ1n) is 20.8. The molecule has 0 saturated carbocycles. The lowest BCUT2D eigenvalue weighted by Crippen LogP contribution is -2.01. The lowest BCUT2D eigenvalue weighted by Gasteiger charge is -2.17. The van der Waals surface area contributed by atoms with Gasteiger partial charge in [0.15, 0.2) is 0 Å². The minimum absolute atomic E-state index is 1.04. The quantitative estimate of drug-likeness (QED) is 0.0627. The van der Waals surface area contributed by atoms with Gasteiger partial charge in [-0.15, -0.1) is 0 Å². The summed E-state index contributed by atoms with van der Waals surface area (Å²) in [5.41, 5.74) is 0. The summed E-state index contributed by atoms with van der Waals surface area (Å²) in [6.45, 7) is 6.96. The molecule has 0 radical (unpaired) electrons. The average molecular weight is 591 g/mol. The van der Waals surface area contributed by atoms with Crippen molar-refractivity contribution >= 4 is 0 Å². The Hall–Kier alpha value is 0. The van der Waals surface area contributed by atoms with Crippen LogP contribution in [0.2, 0.25) is 0 Å². The van der Waals surface area contributed by atoms with E-state index in [0.29, 0.717) is 0 Å². The molecule has 0 fully saturated rings. The Morgan fingerprint density at radius 1 is 0.190 bits per heavy atom. The fourth-order valence-corrected chi connectivity index (χ4v) is 7.08. The van der Waals surface area contributed by atoms with Crippen LogP contribution in [0, 0.1) is 5.92 Å². The Balaban J connectivity index is 3.85. The Kier molecular flexibility index (Phi) is 39.0. The number of unbranched alkanes of at least 4 members (excludes halogenated alkanes) is 32. The molecule has 0 aliphatic heterocycles. The molecule has 254 valence electrons. The van der Waals surface area contributed by atoms with E-state index in [1.165, 1.54) is 244 Å². The molecule has 42 heavy (non-hydrogen) atoms. The Labute approximate surface area is 270 Å². The zero-order chi connectivity index (χ0) is 30.4. The molecule has 0 atom stereocenters. The lowest BCUT2D eigenvalue weighted by molar-refractivity contribution is 0.365. The van der Waals surface area contributed by atoms with Crippen LogP contribution in [0.5, 0.6) is 0 Å². The van der Waals surface area contributed by atoms with Crippen LogP contribution >= 0.6 is 0 Å². The molecule has 0 aliphatic carbocycles. The van der Waals surface area contributed by atoms with Crippen molar-refractivity contribution in [2.45, 2.75) is 265 Å². The van der Waals surface area contributed by atoms with Crippen molar-refractivity contribution in [1.82, 2.24) is 0 Å². The van der Waals surface area contributed by atoms with Gasteiger partial charge < -0.3 is 0 Å². The van der Waals surface area contributed by atoms with Gasteiger partial charge in [0.05, 0.1) is 0 Å². The fourth-order valence-electron chi connectivity index (χ4n) is 7.08. The molecule has 0 N–H and O–H groups in total. The van der Waals surface area contributed by atoms with Gasteiger partial charge in [0.25, 0.3) is 0 Å². The number of rotatable bonds is 38. The second-order valence-electron chi connectivity index (χ2n) is 14.5. The molecule has 0 spiro atoms. The van der Waals surface area contributed by atoms with E-state index in [1.54, 1.807) is 0 Å². The molecular weight excluding hydrogens is 504 g/mol. The van der Waals surface area contributed by atoms with Crippen molar-refractivity contribution in [2.24, 2.45) is 5.92 Å². The summed E-state index contributed by atoms with van der Waals surface area (Å²) in [5, 5.41) is 0. The van der Waals surface area contributed by atoms with Gasteiger partial charge in [0.1, 0.15) is 0 Å². The fraction of sp³-hybridized carbons (Fsp3) is 1.00. The van der Waals surface area contributed by atoms with Gasteiger partial charge in [0, 0.05) is 0 Å². The van der Waals surface area contributed by atoms with Crippen LogP contribution in [0.4, 0.5) is 0 Å². The second-order valence-corrected chi connectivity index (χ2v) is 14.5. The summed E-state index contributed by atoms with van der Waals surface area (Å²) >= 11 is 0. The number of hydrogen-bond donors (Lipinski definition) is 0. The van der Waals surface area contributed by atoms with Crippen molar-refractivity contribution in [1.29, 1.82) is 0 Å². The predicted molar refractivity (Wildman–Crippen MR) is 196 cm³/mol. The molecular formula is C42H86. The molecule has 0 rings (SSSR count). The molecule has 0 nitrogen and oxygen atoms in total. The van der Waals surface area contributed by atoms with Gasteiger partial charge in [0.2, 0.25) is 0 Å². The van der Waals surface area contributed by atoms with Crippen molar-refractivity contribution < 1.29 is 0 Å². The van der Waals surface area contributed by atoms with Crippen molar-refractivity contribution in [3.05, 3.63) is 0 Å². The summed E-state index contributed by atoms with van der Waals surface area (Å²) in [7, 11) is 0. The molecule has 0 heteroatoms. The van der Waals surface area contributed by atoms with E-state index in [9.17, 15) is 0 Å². The smallest absolute Gasteiger partial charge is 0.0414 e. The molecule has 0 amide bonds. The molecule has 0 bridgehead atoms. The number of hydrogen-bond acceptors (Lipinski definition) is 0. The average Bonchev–Trinajstić information content (AvgIpc) is 3.00. The SMILES string of the molecule is CCCCCCCCCCCCCCCCCC(CCCCCCCCCCCC)CCCCCCCCCCCC. The van der Waals surface area contributed by atoms with E-state index in [1.807, 2.05) is 0 Å². The third kappa shape index (κ3) is 36.2. The van der Waals surface area contributed by atoms with Crippen molar-refractivity contribution in [3.8, 4) is 0 Å². The molecule has 0 aromatic carbocycles. The summed E-state index contributed by atoms with van der Waals surface area (Å²) in [5.74, 6) is 1.04. The minimum Gasteiger partial charge on any atom is -0.0654 e. The van der Waals surface area contributed by atoms with E-state index in [4.69, 9.17) is 0 Å². The predicted octanol–water partition coefficient (Wildman–Crippen LogP) is 16.5. The van der Waals surface area contributed by atoms with E-state index in [0.717, 1.165) is 5.92 Å². The van der Waals surface area contributed by atoms with Gasteiger partial charge in [-0.05, 0) is 5.92 Å². The maximum atomic E-state index is 2.32. The summed E-state index contributed by atoms with van der Waals surface area (Å²) in [4.78, 5) is 0. The Bertz CT molecular complexity index is 415. The highest BCUT2D eigenvalue weighted by Gasteiger charge is 2.09. The van der Waals surface area contributed by atoms with E-state index >= 15 is 0 Å². The summed E-state index contributed by atoms with van der Waals surface area (Å²) in [6.07, 6.45) is 56.3. The molecule has 0 heterocycles. The van der Waals surface area contributed by atoms with Crippen LogP contribution in [0.25, 0.3) is 0 Å². The maximum Gasteiger partial charge on any atom is -0.0414 e. The molecule has 0 unspecified atom stereocenters. The van der Waals surface area contributed by atoms with Crippen LogP contribution < -0.4 is 0 Å². The summed E-state index contributed by atoms with van der Waals surface area (Å²) in [6, 6.07) is 0. The third-order valence-electron chi connectivity index (χ3n) is 10.1. The molecule has 0 aromatic rings. The zero-order valence-corrected chi connectivity index (χ0v) is 30.4. The highest BCUT2D eigenvalue weighted by molar-refractivity contribution is 4.62. The van der Waals surface area contributed by atoms with Crippen LogP contribution in [-0.2, 0) is 0 Å². The van der Waals surface area contributed by atoms with Gasteiger partial charge in [-0.1, -0.05) is 265 Å². The monoisotopic (exact) mass is 591 g/mol. The zero-order valence-electron chi connectivity index (χ0n) is 30.4. The van der Waals surface area contributed by atoms with E-state index in [2.05, 4.69) is 20.8 Å². The first-order valence-corrected chi connectivity index (χ1v) is 20.8. The van der Waals surface area contributed by atoms with E-state index < -0.39 is 0 Å². The Morgan fingerprint density at radius 3 is 0.500 bits per heavy atom. The summed E-state index contributed by atoms with van der Waals surface area (Å²) < 4.78 is 0. The highest BCUT2D eigenvalue weighted by atomic mass is 14.1. The van der Waals surface area contributed by atoms with E-state index in [-0.39, 0.29) is 0 Å². The van der Waals surface area contributed by atoms with Crippen LogP contribution in [0.1, 0.15) is 265 Å². The maximum absolute atomic E-state index is 2.32. The largest absolute Gasteiger partial charge is 0.0654 e. The van der Waals surface area contributed by atoms with Gasteiger partial charge in [-0.3, -0.25) is 0 Å². The van der Waals surface area contributed by atoms with Gasteiger partial charge in [-0.2, -0.15) is 0 Å². The topological polar surface area (TPSA) is 0 Å². The van der Waals surface area contributed by atoms with Crippen LogP contribution in [0.15, 0.2) is 0 Å². The minimum atomic E-state index is 1.04. The molecule has 0 aliphatic rings. The normalized spacial score (nSPS) is 11.7. The lowest BCUT2D eigenvalue weighted by atomic mass is 9.89.